The van der Waals surface area contributed by atoms with Crippen LogP contribution in [0.15, 0.2) is 71.1 Å². The molecule has 1 fully saturated rings. The first kappa shape index (κ1) is 27.9. The maximum Gasteiger partial charge on any atom is 0.227 e. The molecule has 0 aliphatic heterocycles. The summed E-state index contributed by atoms with van der Waals surface area (Å²) in [5.74, 6) is 2.74. The lowest BCUT2D eigenvalue weighted by Crippen LogP contribution is -2.08. The van der Waals surface area contributed by atoms with Crippen molar-refractivity contribution < 1.29 is 4.42 Å². The lowest BCUT2D eigenvalue weighted by Gasteiger charge is -2.22. The molecule has 1 aliphatic rings. The van der Waals surface area contributed by atoms with Gasteiger partial charge < -0.3 is 4.42 Å². The summed E-state index contributed by atoms with van der Waals surface area (Å²) in [4.78, 5) is 10.5. The largest absolute Gasteiger partial charge is 0.437 e. The lowest BCUT2D eigenvalue weighted by atomic mass is 9.92. The Morgan fingerprint density at radius 1 is 0.721 bits per heavy atom. The van der Waals surface area contributed by atoms with Crippen molar-refractivity contribution in [2.75, 3.05) is 0 Å². The van der Waals surface area contributed by atoms with E-state index in [-0.39, 0.29) is 0 Å². The molecule has 220 valence electrons. The van der Waals surface area contributed by atoms with Crippen molar-refractivity contribution in [2.24, 2.45) is 5.92 Å². The molecule has 4 heteroatoms. The first-order valence-electron chi connectivity index (χ1n) is 16.3. The van der Waals surface area contributed by atoms with E-state index in [1.807, 2.05) is 0 Å². The van der Waals surface area contributed by atoms with Gasteiger partial charge >= 0.3 is 0 Å². The lowest BCUT2D eigenvalue weighted by molar-refractivity contribution is 0.537. The summed E-state index contributed by atoms with van der Waals surface area (Å²) in [6, 6.07) is 24.3. The first-order chi connectivity index (χ1) is 20.8. The minimum Gasteiger partial charge on any atom is -0.437 e. The molecule has 7 rings (SSSR count). The van der Waals surface area contributed by atoms with Gasteiger partial charge in [-0.15, -0.1) is 0 Å². The van der Waals surface area contributed by atoms with Crippen LogP contribution in [0.2, 0.25) is 0 Å². The summed E-state index contributed by atoms with van der Waals surface area (Å²) >= 11 is 0. The molecule has 1 aliphatic carbocycles. The second-order valence-corrected chi connectivity index (χ2v) is 13.5. The third-order valence-electron chi connectivity index (χ3n) is 9.54. The summed E-state index contributed by atoms with van der Waals surface area (Å²) in [5, 5.41) is 2.17. The van der Waals surface area contributed by atoms with Crippen LogP contribution in [0, 0.1) is 5.92 Å². The smallest absolute Gasteiger partial charge is 0.227 e. The van der Waals surface area contributed by atoms with Crippen LogP contribution in [-0.4, -0.2) is 14.5 Å². The zero-order valence-corrected chi connectivity index (χ0v) is 26.4. The Labute approximate surface area is 255 Å². The minimum atomic E-state index is 0.356. The number of fused-ring (bicyclic) bond motifs is 4. The molecular formula is C39H43N3O. The molecule has 4 nitrogen and oxygen atoms in total. The zero-order valence-electron chi connectivity index (χ0n) is 26.4. The maximum atomic E-state index is 6.70. The summed E-state index contributed by atoms with van der Waals surface area (Å²) in [5.41, 5.74) is 11.1. The Bertz CT molecular complexity index is 1920. The number of furan rings is 1. The van der Waals surface area contributed by atoms with Crippen molar-refractivity contribution in [1.82, 2.24) is 14.5 Å². The van der Waals surface area contributed by atoms with E-state index >= 15 is 0 Å². The number of nitrogens with zero attached hydrogens (tertiary/aromatic N) is 3. The molecule has 0 amide bonds. The second-order valence-electron chi connectivity index (χ2n) is 13.5. The molecule has 0 spiro atoms. The van der Waals surface area contributed by atoms with Gasteiger partial charge in [0.15, 0.2) is 0 Å². The maximum absolute atomic E-state index is 6.70. The number of imidazole rings is 1. The van der Waals surface area contributed by atoms with Crippen molar-refractivity contribution in [3.63, 3.8) is 0 Å². The van der Waals surface area contributed by atoms with Gasteiger partial charge in [-0.25, -0.2) is 9.97 Å². The van der Waals surface area contributed by atoms with E-state index in [4.69, 9.17) is 14.4 Å². The van der Waals surface area contributed by atoms with Gasteiger partial charge in [0.1, 0.15) is 11.4 Å². The summed E-state index contributed by atoms with van der Waals surface area (Å²) in [6.45, 7) is 13.7. The highest BCUT2D eigenvalue weighted by molar-refractivity contribution is 6.08. The van der Waals surface area contributed by atoms with E-state index in [2.05, 4.69) is 113 Å². The molecule has 6 aromatic rings. The fourth-order valence-electron chi connectivity index (χ4n) is 7.28. The zero-order chi connectivity index (χ0) is 29.8. The van der Waals surface area contributed by atoms with Crippen molar-refractivity contribution in [3.8, 4) is 17.1 Å². The molecular weight excluding hydrogens is 526 g/mol. The molecule has 0 N–H and O–H groups in total. The Balaban J connectivity index is 1.52. The highest BCUT2D eigenvalue weighted by Gasteiger charge is 2.26. The third-order valence-corrected chi connectivity index (χ3v) is 9.54. The number of para-hydroxylation sites is 3. The van der Waals surface area contributed by atoms with Gasteiger partial charge in [0, 0.05) is 16.5 Å². The number of pyridine rings is 1. The topological polar surface area (TPSA) is 43.9 Å². The van der Waals surface area contributed by atoms with E-state index in [1.165, 1.54) is 48.1 Å². The summed E-state index contributed by atoms with van der Waals surface area (Å²) in [7, 11) is 0. The quantitative estimate of drug-likeness (QED) is 0.192. The van der Waals surface area contributed by atoms with Gasteiger partial charge in [-0.05, 0) is 71.0 Å². The van der Waals surface area contributed by atoms with E-state index < -0.39 is 0 Å². The van der Waals surface area contributed by atoms with Crippen molar-refractivity contribution >= 4 is 33.1 Å². The first-order valence-corrected chi connectivity index (χ1v) is 16.3. The van der Waals surface area contributed by atoms with E-state index in [9.17, 15) is 0 Å². The van der Waals surface area contributed by atoms with Gasteiger partial charge in [-0.3, -0.25) is 4.57 Å². The predicted octanol–water partition coefficient (Wildman–Crippen LogP) is 11.1. The van der Waals surface area contributed by atoms with Crippen LogP contribution in [0.25, 0.3) is 50.2 Å². The molecule has 0 bridgehead atoms. The second kappa shape index (κ2) is 11.0. The Morgan fingerprint density at radius 2 is 1.37 bits per heavy atom. The average molecular weight is 570 g/mol. The summed E-state index contributed by atoms with van der Waals surface area (Å²) in [6.07, 6.45) is 6.36. The van der Waals surface area contributed by atoms with E-state index in [1.54, 1.807) is 0 Å². The van der Waals surface area contributed by atoms with E-state index in [0.29, 0.717) is 17.8 Å². The SMILES string of the molecule is CC(C)c1cccc(C(C)C)c1-n1c(-c2cccc3c2oc2nc(CC4CCCC4)ccc23)nc2c(C(C)C)cccc21. The van der Waals surface area contributed by atoms with Gasteiger partial charge in [-0.2, -0.15) is 0 Å². The fourth-order valence-corrected chi connectivity index (χ4v) is 7.28. The van der Waals surface area contributed by atoms with Crippen LogP contribution >= 0.6 is 0 Å². The number of aromatic nitrogens is 3. The molecule has 0 atom stereocenters. The summed E-state index contributed by atoms with van der Waals surface area (Å²) < 4.78 is 9.12. The van der Waals surface area contributed by atoms with Crippen LogP contribution in [0.1, 0.15) is 107 Å². The Morgan fingerprint density at radius 3 is 2.07 bits per heavy atom. The monoisotopic (exact) mass is 569 g/mol. The Kier molecular flexibility index (Phi) is 7.12. The van der Waals surface area contributed by atoms with Gasteiger partial charge in [0.25, 0.3) is 0 Å². The fraction of sp³-hybridized carbons (Fsp3) is 0.385. The van der Waals surface area contributed by atoms with Gasteiger partial charge in [0.2, 0.25) is 5.71 Å². The van der Waals surface area contributed by atoms with Crippen LogP contribution in [-0.2, 0) is 6.42 Å². The standard InChI is InChI=1S/C39H43N3O/c1-23(2)28-14-11-19-34-35(28)41-38(42(34)36-29(24(3)4)15-9-16-30(36)25(5)6)33-18-10-17-31-32-21-20-27(22-26-12-7-8-13-26)40-39(32)43-37(31)33/h9-11,14-21,23-26H,7-8,12-13,22H2,1-6H3. The van der Waals surface area contributed by atoms with E-state index in [0.717, 1.165) is 62.5 Å². The number of benzene rings is 3. The molecule has 0 radical (unpaired) electrons. The van der Waals surface area contributed by atoms with Gasteiger partial charge in [0.05, 0.1) is 22.3 Å². The van der Waals surface area contributed by atoms with Gasteiger partial charge in [-0.1, -0.05) is 110 Å². The van der Waals surface area contributed by atoms with Crippen molar-refractivity contribution in [2.45, 2.75) is 91.4 Å². The predicted molar refractivity (Wildman–Crippen MR) is 180 cm³/mol. The molecule has 1 saturated carbocycles. The molecule has 0 saturated heterocycles. The molecule has 3 aromatic heterocycles. The van der Waals surface area contributed by atoms with Crippen LogP contribution in [0.3, 0.4) is 0 Å². The molecule has 3 heterocycles. The normalized spacial score (nSPS) is 14.5. The number of hydrogen-bond acceptors (Lipinski definition) is 3. The van der Waals surface area contributed by atoms with Crippen LogP contribution in [0.4, 0.5) is 0 Å². The number of hydrogen-bond donors (Lipinski definition) is 0. The molecule has 0 unspecified atom stereocenters. The third kappa shape index (κ3) is 4.76. The molecule has 43 heavy (non-hydrogen) atoms. The van der Waals surface area contributed by atoms with Crippen molar-refractivity contribution in [3.05, 3.63) is 89.1 Å². The molecule has 3 aromatic carbocycles. The van der Waals surface area contributed by atoms with Crippen LogP contribution < -0.4 is 0 Å². The highest BCUT2D eigenvalue weighted by atomic mass is 16.3. The average Bonchev–Trinajstić information content (AvgIpc) is 3.73. The number of rotatable bonds is 7. The van der Waals surface area contributed by atoms with Crippen molar-refractivity contribution in [1.29, 1.82) is 0 Å². The highest BCUT2D eigenvalue weighted by Crippen LogP contribution is 2.42. The minimum absolute atomic E-state index is 0.356. The Hall–Kier alpha value is -3.92. The van der Waals surface area contributed by atoms with Crippen LogP contribution in [0.5, 0.6) is 0 Å².